The van der Waals surface area contributed by atoms with E-state index in [1.165, 1.54) is 0 Å². The third-order valence-corrected chi connectivity index (χ3v) is 1.54. The Morgan fingerprint density at radius 2 is 2.07 bits per heavy atom. The van der Waals surface area contributed by atoms with Crippen molar-refractivity contribution < 1.29 is 19.9 Å². The molecule has 1 aromatic rings. The molecular formula is C7H6N2O5. The lowest BCUT2D eigenvalue weighted by Crippen LogP contribution is -2.01. The highest BCUT2D eigenvalue weighted by molar-refractivity contribution is 5.93. The third kappa shape index (κ3) is 1.56. The average Bonchev–Trinajstić information content (AvgIpc) is 2.07. The van der Waals surface area contributed by atoms with E-state index in [9.17, 15) is 20.0 Å². The summed E-state index contributed by atoms with van der Waals surface area (Å²) in [6.45, 7) is 0. The summed E-state index contributed by atoms with van der Waals surface area (Å²) in [6, 6.07) is 1.84. The molecule has 0 aliphatic rings. The maximum absolute atomic E-state index is 10.5. The Bertz CT molecular complexity index is 380. The van der Waals surface area contributed by atoms with Crippen molar-refractivity contribution in [3.8, 4) is 5.75 Å². The van der Waals surface area contributed by atoms with Gasteiger partial charge in [0, 0.05) is 11.8 Å². The fourth-order valence-electron chi connectivity index (χ4n) is 0.943. The number of nitrogens with two attached hydrogens (primary N) is 1. The molecule has 0 aromatic heterocycles. The van der Waals surface area contributed by atoms with Crippen LogP contribution in [0.2, 0.25) is 0 Å². The minimum Gasteiger partial charge on any atom is -0.501 e. The predicted octanol–water partition coefficient (Wildman–Crippen LogP) is 0.581. The van der Waals surface area contributed by atoms with Gasteiger partial charge in [0.25, 0.3) is 0 Å². The summed E-state index contributed by atoms with van der Waals surface area (Å²) in [5.74, 6) is -2.37. The van der Waals surface area contributed by atoms with E-state index in [2.05, 4.69) is 0 Å². The quantitative estimate of drug-likeness (QED) is 0.276. The third-order valence-electron chi connectivity index (χ3n) is 1.54. The first-order chi connectivity index (χ1) is 6.43. The van der Waals surface area contributed by atoms with Crippen LogP contribution in [0.15, 0.2) is 12.1 Å². The summed E-state index contributed by atoms with van der Waals surface area (Å²) >= 11 is 0. The number of benzene rings is 1. The smallest absolute Gasteiger partial charge is 0.339 e. The second kappa shape index (κ2) is 3.21. The van der Waals surface area contributed by atoms with Gasteiger partial charge in [-0.15, -0.1) is 0 Å². The van der Waals surface area contributed by atoms with E-state index in [1.807, 2.05) is 0 Å². The number of carboxylic acids is 1. The molecule has 0 bridgehead atoms. The van der Waals surface area contributed by atoms with Gasteiger partial charge < -0.3 is 15.9 Å². The summed E-state index contributed by atoms with van der Waals surface area (Å²) in [5, 5.41) is 28.1. The number of nitro groups is 1. The minimum absolute atomic E-state index is 0.0908. The molecule has 7 heteroatoms. The van der Waals surface area contributed by atoms with E-state index in [-0.39, 0.29) is 5.69 Å². The molecule has 7 nitrogen and oxygen atoms in total. The van der Waals surface area contributed by atoms with Crippen LogP contribution in [-0.4, -0.2) is 21.1 Å². The van der Waals surface area contributed by atoms with Crippen LogP contribution in [0, 0.1) is 10.1 Å². The van der Waals surface area contributed by atoms with Gasteiger partial charge in [0.1, 0.15) is 5.56 Å². The van der Waals surface area contributed by atoms with Crippen molar-refractivity contribution in [3.05, 3.63) is 27.8 Å². The molecule has 0 heterocycles. The number of aromatic hydroxyl groups is 1. The number of nitrogens with zero attached hydrogens (tertiary/aromatic N) is 1. The van der Waals surface area contributed by atoms with Gasteiger partial charge in [-0.1, -0.05) is 0 Å². The molecule has 0 unspecified atom stereocenters. The van der Waals surface area contributed by atoms with E-state index in [0.717, 1.165) is 12.1 Å². The molecule has 0 radical (unpaired) electrons. The van der Waals surface area contributed by atoms with Gasteiger partial charge in [-0.2, -0.15) is 0 Å². The van der Waals surface area contributed by atoms with Gasteiger partial charge in [-0.3, -0.25) is 10.1 Å². The number of nitro benzene ring substituents is 1. The fraction of sp³-hybridized carbons (Fsp3) is 0. The average molecular weight is 198 g/mol. The van der Waals surface area contributed by atoms with Crippen LogP contribution in [0.3, 0.4) is 0 Å². The van der Waals surface area contributed by atoms with E-state index in [0.29, 0.717) is 0 Å². The number of hydrogen-bond donors (Lipinski definition) is 3. The topological polar surface area (TPSA) is 127 Å². The lowest BCUT2D eigenvalue weighted by molar-refractivity contribution is -0.385. The molecule has 0 saturated carbocycles. The Balaban J connectivity index is 3.47. The van der Waals surface area contributed by atoms with Gasteiger partial charge in [0.05, 0.1) is 4.92 Å². The van der Waals surface area contributed by atoms with E-state index >= 15 is 0 Å². The van der Waals surface area contributed by atoms with Crippen molar-refractivity contribution >= 4 is 17.3 Å². The van der Waals surface area contributed by atoms with Gasteiger partial charge in [0.2, 0.25) is 5.75 Å². The number of carboxylic acid groups (broad SMARTS) is 1. The van der Waals surface area contributed by atoms with E-state index < -0.39 is 27.9 Å². The van der Waals surface area contributed by atoms with Gasteiger partial charge in [-0.25, -0.2) is 4.79 Å². The van der Waals surface area contributed by atoms with Crippen LogP contribution in [0.5, 0.6) is 5.75 Å². The number of anilines is 1. The van der Waals surface area contributed by atoms with E-state index in [1.54, 1.807) is 0 Å². The lowest BCUT2D eigenvalue weighted by atomic mass is 10.1. The van der Waals surface area contributed by atoms with Crippen LogP contribution < -0.4 is 5.73 Å². The maximum atomic E-state index is 10.5. The molecule has 0 fully saturated rings. The second-order valence-electron chi connectivity index (χ2n) is 2.50. The molecule has 1 rings (SSSR count). The Kier molecular flexibility index (Phi) is 2.24. The second-order valence-corrected chi connectivity index (χ2v) is 2.50. The maximum Gasteiger partial charge on any atom is 0.339 e. The molecule has 4 N–H and O–H groups in total. The number of nitrogen functional groups attached to an aromatic ring is 1. The number of rotatable bonds is 2. The Morgan fingerprint density at radius 1 is 1.50 bits per heavy atom. The summed E-state index contributed by atoms with van der Waals surface area (Å²) in [4.78, 5) is 20.0. The highest BCUT2D eigenvalue weighted by atomic mass is 16.6. The molecule has 0 amide bonds. The number of carbonyl (C=O) groups is 1. The van der Waals surface area contributed by atoms with Gasteiger partial charge in [0.15, 0.2) is 0 Å². The molecular weight excluding hydrogens is 192 g/mol. The van der Waals surface area contributed by atoms with Crippen molar-refractivity contribution in [2.24, 2.45) is 0 Å². The van der Waals surface area contributed by atoms with Gasteiger partial charge in [-0.05, 0) is 6.07 Å². The molecule has 0 spiro atoms. The standard InChI is InChI=1S/C7H6N2O5/c8-3-1-4(7(11)12)6(10)5(2-3)9(13)14/h1-2,10H,8H2,(H,11,12). The number of hydrogen-bond acceptors (Lipinski definition) is 5. The Morgan fingerprint density at radius 3 is 2.50 bits per heavy atom. The summed E-state index contributed by atoms with van der Waals surface area (Å²) < 4.78 is 0. The number of aromatic carboxylic acids is 1. The molecule has 1 aromatic carbocycles. The summed E-state index contributed by atoms with van der Waals surface area (Å²) in [7, 11) is 0. The van der Waals surface area contributed by atoms with Crippen molar-refractivity contribution in [2.75, 3.05) is 5.73 Å². The van der Waals surface area contributed by atoms with Crippen molar-refractivity contribution in [1.29, 1.82) is 0 Å². The van der Waals surface area contributed by atoms with Crippen LogP contribution in [0.25, 0.3) is 0 Å². The largest absolute Gasteiger partial charge is 0.501 e. The first-order valence-electron chi connectivity index (χ1n) is 3.43. The van der Waals surface area contributed by atoms with Crippen LogP contribution in [0.4, 0.5) is 11.4 Å². The van der Waals surface area contributed by atoms with Crippen LogP contribution >= 0.6 is 0 Å². The lowest BCUT2D eigenvalue weighted by Gasteiger charge is -2.01. The zero-order valence-corrected chi connectivity index (χ0v) is 6.80. The molecule has 0 aliphatic carbocycles. The first kappa shape index (κ1) is 9.78. The minimum atomic E-state index is -1.47. The van der Waals surface area contributed by atoms with Crippen molar-refractivity contribution in [2.45, 2.75) is 0 Å². The van der Waals surface area contributed by atoms with Gasteiger partial charge >= 0.3 is 11.7 Å². The predicted molar refractivity (Wildman–Crippen MR) is 46.1 cm³/mol. The summed E-state index contributed by atoms with van der Waals surface area (Å²) in [6.07, 6.45) is 0. The zero-order chi connectivity index (χ0) is 10.9. The highest BCUT2D eigenvalue weighted by Crippen LogP contribution is 2.32. The normalized spacial score (nSPS) is 9.71. The molecule has 74 valence electrons. The van der Waals surface area contributed by atoms with Crippen molar-refractivity contribution in [1.82, 2.24) is 0 Å². The molecule has 0 atom stereocenters. The van der Waals surface area contributed by atoms with E-state index in [4.69, 9.17) is 10.8 Å². The first-order valence-corrected chi connectivity index (χ1v) is 3.43. The highest BCUT2D eigenvalue weighted by Gasteiger charge is 2.21. The SMILES string of the molecule is Nc1cc(C(=O)O)c(O)c([N+](=O)[O-])c1. The number of phenols is 1. The zero-order valence-electron chi connectivity index (χ0n) is 6.80. The monoisotopic (exact) mass is 198 g/mol. The van der Waals surface area contributed by atoms with Crippen LogP contribution in [-0.2, 0) is 0 Å². The Labute approximate surface area is 77.5 Å². The van der Waals surface area contributed by atoms with Crippen LogP contribution in [0.1, 0.15) is 10.4 Å². The fourth-order valence-corrected chi connectivity index (χ4v) is 0.943. The molecule has 0 saturated heterocycles. The molecule has 14 heavy (non-hydrogen) atoms. The van der Waals surface area contributed by atoms with Crippen molar-refractivity contribution in [3.63, 3.8) is 0 Å². The Hall–Kier alpha value is -2.31. The summed E-state index contributed by atoms with van der Waals surface area (Å²) in [5.41, 5.74) is 3.83. The molecule has 0 aliphatic heterocycles.